The quantitative estimate of drug-likeness (QED) is 0.806. The second kappa shape index (κ2) is 6.91. The number of hydrogen-bond donors (Lipinski definition) is 2. The summed E-state index contributed by atoms with van der Waals surface area (Å²) >= 11 is 3.32. The van der Waals surface area contributed by atoms with Crippen molar-refractivity contribution in [2.24, 2.45) is 0 Å². The van der Waals surface area contributed by atoms with Gasteiger partial charge in [0.15, 0.2) is 5.75 Å². The number of anilines is 1. The number of hydrogen-bond acceptors (Lipinski definition) is 5. The zero-order valence-corrected chi connectivity index (χ0v) is 13.5. The summed E-state index contributed by atoms with van der Waals surface area (Å²) in [6.07, 6.45) is 1.77. The van der Waals surface area contributed by atoms with E-state index >= 15 is 0 Å². The molecule has 0 saturated carbocycles. The number of rotatable bonds is 4. The van der Waals surface area contributed by atoms with Crippen LogP contribution in [0.3, 0.4) is 0 Å². The Labute approximate surface area is 131 Å². The van der Waals surface area contributed by atoms with Gasteiger partial charge in [-0.25, -0.2) is 4.79 Å². The van der Waals surface area contributed by atoms with E-state index in [0.717, 1.165) is 19.4 Å². The van der Waals surface area contributed by atoms with Gasteiger partial charge >= 0.3 is 5.97 Å². The van der Waals surface area contributed by atoms with Crippen LogP contribution in [0.1, 0.15) is 23.2 Å². The van der Waals surface area contributed by atoms with Gasteiger partial charge in [0.1, 0.15) is 5.56 Å². The Bertz CT molecular complexity index is 556. The van der Waals surface area contributed by atoms with Gasteiger partial charge in [0.05, 0.1) is 25.9 Å². The Balaban J connectivity index is 2.31. The van der Waals surface area contributed by atoms with E-state index in [-0.39, 0.29) is 23.3 Å². The smallest absolute Gasteiger partial charge is 0.341 e. The minimum Gasteiger partial charge on any atom is -0.494 e. The van der Waals surface area contributed by atoms with Crippen molar-refractivity contribution in [3.8, 4) is 5.75 Å². The van der Waals surface area contributed by atoms with E-state index in [1.54, 1.807) is 12.1 Å². The van der Waals surface area contributed by atoms with E-state index in [1.165, 1.54) is 14.2 Å². The van der Waals surface area contributed by atoms with Crippen LogP contribution in [-0.2, 0) is 9.53 Å². The maximum absolute atomic E-state index is 12.2. The largest absolute Gasteiger partial charge is 0.494 e. The van der Waals surface area contributed by atoms with Gasteiger partial charge in [-0.2, -0.15) is 0 Å². The van der Waals surface area contributed by atoms with E-state index in [9.17, 15) is 9.59 Å². The first-order valence-corrected chi connectivity index (χ1v) is 7.36. The monoisotopic (exact) mass is 356 g/mol. The molecule has 0 radical (unpaired) electrons. The average Bonchev–Trinajstić information content (AvgIpc) is 3.00. The van der Waals surface area contributed by atoms with Gasteiger partial charge < -0.3 is 20.1 Å². The Hall–Kier alpha value is -1.60. The van der Waals surface area contributed by atoms with Crippen LogP contribution in [0.5, 0.6) is 5.75 Å². The number of esters is 1. The van der Waals surface area contributed by atoms with Gasteiger partial charge in [-0.1, -0.05) is 15.9 Å². The normalized spacial score (nSPS) is 17.4. The second-order valence-electron chi connectivity index (χ2n) is 4.66. The highest BCUT2D eigenvalue weighted by molar-refractivity contribution is 9.10. The van der Waals surface area contributed by atoms with Crippen LogP contribution in [0, 0.1) is 0 Å². The Morgan fingerprint density at radius 2 is 2.14 bits per heavy atom. The Morgan fingerprint density at radius 3 is 2.71 bits per heavy atom. The van der Waals surface area contributed by atoms with Crippen molar-refractivity contribution >= 4 is 33.5 Å². The fourth-order valence-electron chi connectivity index (χ4n) is 2.30. The fraction of sp³-hybridized carbons (Fsp3) is 0.429. The van der Waals surface area contributed by atoms with E-state index in [4.69, 9.17) is 9.47 Å². The predicted octanol–water partition coefficient (Wildman–Crippen LogP) is 1.93. The molecule has 0 spiro atoms. The first-order chi connectivity index (χ1) is 10.1. The van der Waals surface area contributed by atoms with Crippen LogP contribution >= 0.6 is 15.9 Å². The molecule has 1 aliphatic rings. The molecule has 0 aliphatic carbocycles. The molecular weight excluding hydrogens is 340 g/mol. The summed E-state index contributed by atoms with van der Waals surface area (Å²) in [4.78, 5) is 24.0. The highest BCUT2D eigenvalue weighted by atomic mass is 79.9. The lowest BCUT2D eigenvalue weighted by molar-refractivity contribution is -0.117. The van der Waals surface area contributed by atoms with E-state index in [1.807, 2.05) is 0 Å². The molecule has 1 amide bonds. The molecule has 1 heterocycles. The summed E-state index contributed by atoms with van der Waals surface area (Å²) in [6.45, 7) is 0.834. The number of carbonyl (C=O) groups excluding carboxylic acids is 2. The molecule has 7 heteroatoms. The predicted molar refractivity (Wildman–Crippen MR) is 81.7 cm³/mol. The number of halogens is 1. The van der Waals surface area contributed by atoms with Crippen molar-refractivity contribution in [3.63, 3.8) is 0 Å². The molecule has 1 aromatic carbocycles. The van der Waals surface area contributed by atoms with E-state index in [0.29, 0.717) is 10.2 Å². The van der Waals surface area contributed by atoms with Crippen molar-refractivity contribution in [1.82, 2.24) is 5.32 Å². The van der Waals surface area contributed by atoms with E-state index < -0.39 is 5.97 Å². The Kier molecular flexibility index (Phi) is 5.19. The number of benzene rings is 1. The molecule has 0 aromatic heterocycles. The molecule has 2 N–H and O–H groups in total. The molecule has 21 heavy (non-hydrogen) atoms. The lowest BCUT2D eigenvalue weighted by Crippen LogP contribution is -2.35. The molecular formula is C14H17BrN2O4. The Morgan fingerprint density at radius 1 is 1.38 bits per heavy atom. The fourth-order valence-corrected chi connectivity index (χ4v) is 2.75. The van der Waals surface area contributed by atoms with Crippen molar-refractivity contribution in [1.29, 1.82) is 0 Å². The molecule has 2 rings (SSSR count). The standard InChI is InChI=1S/C14H17BrN2O4/c1-20-12-9(14(19)21-2)6-8(15)7-11(12)17-13(18)10-4-3-5-16-10/h6-7,10,16H,3-5H2,1-2H3,(H,17,18)/t10-/m0/s1. The highest BCUT2D eigenvalue weighted by Gasteiger charge is 2.25. The number of amides is 1. The van der Waals surface area contributed by atoms with Crippen molar-refractivity contribution in [3.05, 3.63) is 22.2 Å². The molecule has 1 atom stereocenters. The molecule has 0 bridgehead atoms. The summed E-state index contributed by atoms with van der Waals surface area (Å²) in [5.41, 5.74) is 0.690. The topological polar surface area (TPSA) is 76.7 Å². The third-order valence-corrected chi connectivity index (χ3v) is 3.76. The molecule has 114 valence electrons. The third kappa shape index (κ3) is 3.54. The minimum absolute atomic E-state index is 0.139. The lowest BCUT2D eigenvalue weighted by Gasteiger charge is -2.16. The number of nitrogens with one attached hydrogen (secondary N) is 2. The molecule has 6 nitrogen and oxygen atoms in total. The lowest BCUT2D eigenvalue weighted by atomic mass is 10.1. The maximum Gasteiger partial charge on any atom is 0.341 e. The molecule has 0 unspecified atom stereocenters. The van der Waals surface area contributed by atoms with Crippen LogP contribution in [-0.4, -0.2) is 38.7 Å². The highest BCUT2D eigenvalue weighted by Crippen LogP contribution is 2.33. The van der Waals surface area contributed by atoms with Gasteiger partial charge in [0.25, 0.3) is 0 Å². The molecule has 1 saturated heterocycles. The van der Waals surface area contributed by atoms with Gasteiger partial charge in [0, 0.05) is 4.47 Å². The summed E-state index contributed by atoms with van der Waals surface area (Å²) in [5, 5.41) is 5.92. The van der Waals surface area contributed by atoms with Crippen LogP contribution in [0.2, 0.25) is 0 Å². The summed E-state index contributed by atoms with van der Waals surface area (Å²) in [5.74, 6) is -0.376. The van der Waals surface area contributed by atoms with Crippen molar-refractivity contribution < 1.29 is 19.1 Å². The third-order valence-electron chi connectivity index (χ3n) is 3.30. The SMILES string of the molecule is COC(=O)c1cc(Br)cc(NC(=O)[C@@H]2CCCN2)c1OC. The van der Waals surface area contributed by atoms with Crippen molar-refractivity contribution in [2.45, 2.75) is 18.9 Å². The molecule has 1 aliphatic heterocycles. The van der Waals surface area contributed by atoms with E-state index in [2.05, 4.69) is 26.6 Å². The van der Waals surface area contributed by atoms with Crippen molar-refractivity contribution in [2.75, 3.05) is 26.1 Å². The second-order valence-corrected chi connectivity index (χ2v) is 5.58. The van der Waals surface area contributed by atoms with Gasteiger partial charge in [-0.3, -0.25) is 4.79 Å². The minimum atomic E-state index is -0.525. The number of carbonyl (C=O) groups is 2. The van der Waals surface area contributed by atoms with Gasteiger partial charge in [-0.05, 0) is 31.5 Å². The molecule has 1 aromatic rings. The molecule has 1 fully saturated rings. The van der Waals surface area contributed by atoms with Gasteiger partial charge in [-0.15, -0.1) is 0 Å². The number of methoxy groups -OCH3 is 2. The van der Waals surface area contributed by atoms with Crippen LogP contribution in [0.4, 0.5) is 5.69 Å². The summed E-state index contributed by atoms with van der Waals surface area (Å²) in [7, 11) is 2.74. The number of ether oxygens (including phenoxy) is 2. The zero-order valence-electron chi connectivity index (χ0n) is 11.9. The van der Waals surface area contributed by atoms with Crippen LogP contribution in [0.25, 0.3) is 0 Å². The first-order valence-electron chi connectivity index (χ1n) is 6.57. The average molecular weight is 357 g/mol. The van der Waals surface area contributed by atoms with Crippen LogP contribution in [0.15, 0.2) is 16.6 Å². The zero-order chi connectivity index (χ0) is 15.4. The summed E-state index contributed by atoms with van der Waals surface area (Å²) in [6, 6.07) is 3.07. The maximum atomic E-state index is 12.2. The van der Waals surface area contributed by atoms with Gasteiger partial charge in [0.2, 0.25) is 5.91 Å². The van der Waals surface area contributed by atoms with Crippen LogP contribution < -0.4 is 15.4 Å². The summed E-state index contributed by atoms with van der Waals surface area (Å²) < 4.78 is 10.6. The first kappa shape index (κ1) is 15.8.